The van der Waals surface area contributed by atoms with E-state index < -0.39 is 0 Å². The summed E-state index contributed by atoms with van der Waals surface area (Å²) in [5.74, 6) is 3.23. The Kier molecular flexibility index (Phi) is 3.18. The molecule has 0 aliphatic carbocycles. The molecular weight excluding hydrogens is 254 g/mol. The highest BCUT2D eigenvalue weighted by atomic mass is 32.1. The molecule has 0 unspecified atom stereocenters. The van der Waals surface area contributed by atoms with Crippen LogP contribution in [0.2, 0.25) is 0 Å². The molecule has 2 nitrogen and oxygen atoms in total. The van der Waals surface area contributed by atoms with Crippen molar-refractivity contribution in [1.29, 1.82) is 0 Å². The number of terminal acetylenes is 1. The molecule has 0 spiro atoms. The number of fused-ring (bicyclic) bond motifs is 1. The van der Waals surface area contributed by atoms with Gasteiger partial charge in [-0.05, 0) is 36.4 Å². The summed E-state index contributed by atoms with van der Waals surface area (Å²) in [4.78, 5) is 4.62. The molecule has 0 atom stereocenters. The Morgan fingerprint density at radius 2 is 1.89 bits per heavy atom. The van der Waals surface area contributed by atoms with Crippen molar-refractivity contribution >= 4 is 21.6 Å². The lowest BCUT2D eigenvalue weighted by molar-refractivity contribution is 0.370. The standard InChI is InChI=1S/C16H11NOS/c1-2-11-18-13-9-7-12(8-10-13)16-17-14-5-3-4-6-15(14)19-16/h1,3-10H,11H2. The van der Waals surface area contributed by atoms with E-state index >= 15 is 0 Å². The number of ether oxygens (including phenoxy) is 1. The van der Waals surface area contributed by atoms with Gasteiger partial charge in [0.05, 0.1) is 10.2 Å². The molecule has 1 heterocycles. The SMILES string of the molecule is C#CCOc1ccc(-c2nc3ccccc3s2)cc1. The number of hydrogen-bond acceptors (Lipinski definition) is 3. The molecule has 0 fully saturated rings. The second-order valence-corrected chi connectivity index (χ2v) is 5.03. The van der Waals surface area contributed by atoms with Crippen molar-refractivity contribution in [3.63, 3.8) is 0 Å². The van der Waals surface area contributed by atoms with E-state index in [0.717, 1.165) is 21.8 Å². The van der Waals surface area contributed by atoms with Gasteiger partial charge in [-0.3, -0.25) is 0 Å². The van der Waals surface area contributed by atoms with Gasteiger partial charge in [0.1, 0.15) is 17.4 Å². The molecule has 19 heavy (non-hydrogen) atoms. The molecule has 0 N–H and O–H groups in total. The third-order valence-corrected chi connectivity index (χ3v) is 3.80. The first-order valence-corrected chi connectivity index (χ1v) is 6.71. The van der Waals surface area contributed by atoms with Crippen molar-refractivity contribution in [1.82, 2.24) is 4.98 Å². The molecule has 92 valence electrons. The summed E-state index contributed by atoms with van der Waals surface area (Å²) >= 11 is 1.69. The third kappa shape index (κ3) is 2.44. The molecule has 0 saturated carbocycles. The average Bonchev–Trinajstić information content (AvgIpc) is 2.89. The summed E-state index contributed by atoms with van der Waals surface area (Å²) in [6, 6.07) is 16.0. The molecular formula is C16H11NOS. The molecule has 0 amide bonds. The minimum atomic E-state index is 0.292. The lowest BCUT2D eigenvalue weighted by Crippen LogP contribution is -1.92. The van der Waals surface area contributed by atoms with Crippen molar-refractivity contribution in [2.24, 2.45) is 0 Å². The van der Waals surface area contributed by atoms with E-state index in [4.69, 9.17) is 11.2 Å². The number of thiazole rings is 1. The van der Waals surface area contributed by atoms with E-state index in [9.17, 15) is 0 Å². The van der Waals surface area contributed by atoms with Gasteiger partial charge in [0, 0.05) is 5.56 Å². The van der Waals surface area contributed by atoms with E-state index in [1.165, 1.54) is 4.70 Å². The molecule has 2 aromatic carbocycles. The Morgan fingerprint density at radius 3 is 2.63 bits per heavy atom. The molecule has 0 bridgehead atoms. The fraction of sp³-hybridized carbons (Fsp3) is 0.0625. The van der Waals surface area contributed by atoms with Gasteiger partial charge < -0.3 is 4.74 Å². The maximum absolute atomic E-state index is 5.35. The van der Waals surface area contributed by atoms with Gasteiger partial charge in [-0.1, -0.05) is 18.1 Å². The Labute approximate surface area is 115 Å². The van der Waals surface area contributed by atoms with E-state index in [0.29, 0.717) is 6.61 Å². The van der Waals surface area contributed by atoms with Gasteiger partial charge in [-0.15, -0.1) is 17.8 Å². The zero-order valence-corrected chi connectivity index (χ0v) is 11.0. The Balaban J connectivity index is 1.91. The van der Waals surface area contributed by atoms with Gasteiger partial charge in [0.2, 0.25) is 0 Å². The number of rotatable bonds is 3. The topological polar surface area (TPSA) is 22.1 Å². The second kappa shape index (κ2) is 5.13. The molecule has 1 aromatic heterocycles. The molecule has 0 saturated heterocycles. The van der Waals surface area contributed by atoms with Gasteiger partial charge >= 0.3 is 0 Å². The highest BCUT2D eigenvalue weighted by Crippen LogP contribution is 2.30. The van der Waals surface area contributed by atoms with Crippen molar-refractivity contribution in [3.05, 3.63) is 48.5 Å². The fourth-order valence-corrected chi connectivity index (χ4v) is 2.79. The van der Waals surface area contributed by atoms with Gasteiger partial charge in [0.15, 0.2) is 0 Å². The molecule has 3 aromatic rings. The van der Waals surface area contributed by atoms with Crippen LogP contribution in [0.15, 0.2) is 48.5 Å². The average molecular weight is 265 g/mol. The van der Waals surface area contributed by atoms with Crippen LogP contribution in [0.25, 0.3) is 20.8 Å². The van der Waals surface area contributed by atoms with Crippen LogP contribution in [-0.4, -0.2) is 11.6 Å². The maximum atomic E-state index is 5.35. The van der Waals surface area contributed by atoms with Crippen molar-refractivity contribution in [3.8, 4) is 28.7 Å². The summed E-state index contributed by atoms with van der Waals surface area (Å²) in [6.45, 7) is 0.292. The summed E-state index contributed by atoms with van der Waals surface area (Å²) in [6.07, 6.45) is 5.16. The summed E-state index contributed by atoms with van der Waals surface area (Å²) < 4.78 is 6.55. The van der Waals surface area contributed by atoms with Gasteiger partial charge in [-0.2, -0.15) is 0 Å². The van der Waals surface area contributed by atoms with Crippen LogP contribution in [-0.2, 0) is 0 Å². The molecule has 3 heteroatoms. The number of benzene rings is 2. The number of nitrogens with zero attached hydrogens (tertiary/aromatic N) is 1. The zero-order valence-electron chi connectivity index (χ0n) is 10.2. The Bertz CT molecular complexity index is 704. The minimum Gasteiger partial charge on any atom is -0.481 e. The Hall–Kier alpha value is -2.31. The Morgan fingerprint density at radius 1 is 1.11 bits per heavy atom. The zero-order chi connectivity index (χ0) is 13.1. The van der Waals surface area contributed by atoms with Crippen LogP contribution in [0.5, 0.6) is 5.75 Å². The van der Waals surface area contributed by atoms with Gasteiger partial charge in [0.25, 0.3) is 0 Å². The first-order valence-electron chi connectivity index (χ1n) is 5.89. The fourth-order valence-electron chi connectivity index (χ4n) is 1.81. The van der Waals surface area contributed by atoms with Crippen LogP contribution in [0.1, 0.15) is 0 Å². The van der Waals surface area contributed by atoms with Gasteiger partial charge in [-0.25, -0.2) is 4.98 Å². The number of hydrogen-bond donors (Lipinski definition) is 0. The summed E-state index contributed by atoms with van der Waals surface area (Å²) in [5.41, 5.74) is 2.13. The van der Waals surface area contributed by atoms with E-state index in [-0.39, 0.29) is 0 Å². The largest absolute Gasteiger partial charge is 0.481 e. The molecule has 0 aliphatic rings. The predicted octanol–water partition coefficient (Wildman–Crippen LogP) is 3.98. The molecule has 3 rings (SSSR count). The van der Waals surface area contributed by atoms with Crippen LogP contribution in [0.4, 0.5) is 0 Å². The summed E-state index contributed by atoms with van der Waals surface area (Å²) in [7, 11) is 0. The van der Waals surface area contributed by atoms with Crippen LogP contribution in [0, 0.1) is 12.3 Å². The number of para-hydroxylation sites is 1. The van der Waals surface area contributed by atoms with Crippen LogP contribution >= 0.6 is 11.3 Å². The normalized spacial score (nSPS) is 10.3. The van der Waals surface area contributed by atoms with Crippen molar-refractivity contribution < 1.29 is 4.74 Å². The quantitative estimate of drug-likeness (QED) is 0.668. The van der Waals surface area contributed by atoms with E-state index in [2.05, 4.69) is 17.0 Å². The van der Waals surface area contributed by atoms with E-state index in [1.54, 1.807) is 11.3 Å². The number of aromatic nitrogens is 1. The second-order valence-electron chi connectivity index (χ2n) is 4.00. The lowest BCUT2D eigenvalue weighted by atomic mass is 10.2. The molecule has 0 radical (unpaired) electrons. The monoisotopic (exact) mass is 265 g/mol. The first-order chi connectivity index (χ1) is 9.36. The van der Waals surface area contributed by atoms with Crippen molar-refractivity contribution in [2.45, 2.75) is 0 Å². The predicted molar refractivity (Wildman–Crippen MR) is 79.4 cm³/mol. The first kappa shape index (κ1) is 11.8. The lowest BCUT2D eigenvalue weighted by Gasteiger charge is -2.02. The summed E-state index contributed by atoms with van der Waals surface area (Å²) in [5, 5.41) is 1.02. The third-order valence-electron chi connectivity index (χ3n) is 2.72. The van der Waals surface area contributed by atoms with Crippen molar-refractivity contribution in [2.75, 3.05) is 6.61 Å². The molecule has 0 aliphatic heterocycles. The highest BCUT2D eigenvalue weighted by molar-refractivity contribution is 7.21. The van der Waals surface area contributed by atoms with Crippen LogP contribution < -0.4 is 4.74 Å². The van der Waals surface area contributed by atoms with E-state index in [1.807, 2.05) is 42.5 Å². The highest BCUT2D eigenvalue weighted by Gasteiger charge is 2.05. The smallest absolute Gasteiger partial charge is 0.148 e. The minimum absolute atomic E-state index is 0.292. The maximum Gasteiger partial charge on any atom is 0.148 e. The van der Waals surface area contributed by atoms with Crippen LogP contribution in [0.3, 0.4) is 0 Å².